The lowest BCUT2D eigenvalue weighted by Gasteiger charge is -2.25. The number of aliphatic carboxylic acids is 1. The van der Waals surface area contributed by atoms with Crippen molar-refractivity contribution in [2.24, 2.45) is 16.1 Å². The van der Waals surface area contributed by atoms with E-state index in [2.05, 4.69) is 15.5 Å². The largest absolute Gasteiger partial charge is 0.481 e. The van der Waals surface area contributed by atoms with E-state index in [-0.39, 0.29) is 23.3 Å². The molecule has 0 aromatic heterocycles. The van der Waals surface area contributed by atoms with Crippen LogP contribution in [0.25, 0.3) is 0 Å². The average Bonchev–Trinajstić information content (AvgIpc) is 3.06. The topological polar surface area (TPSA) is 91.1 Å². The minimum Gasteiger partial charge on any atom is -0.481 e. The van der Waals surface area contributed by atoms with Crippen molar-refractivity contribution in [3.63, 3.8) is 0 Å². The van der Waals surface area contributed by atoms with Crippen LogP contribution in [0.15, 0.2) is 63.6 Å². The number of amidine groups is 1. The van der Waals surface area contributed by atoms with E-state index < -0.39 is 17.1 Å². The molecule has 0 saturated carbocycles. The number of amides is 1. The van der Waals surface area contributed by atoms with E-state index in [9.17, 15) is 14.0 Å². The van der Waals surface area contributed by atoms with Gasteiger partial charge in [0.25, 0.3) is 0 Å². The van der Waals surface area contributed by atoms with Crippen molar-refractivity contribution < 1.29 is 19.1 Å². The minimum atomic E-state index is -1.05. The Balaban J connectivity index is 1.65. The smallest absolute Gasteiger partial charge is 0.305 e. The maximum atomic E-state index is 14.0. The number of carboxylic acid groups (broad SMARTS) is 1. The van der Waals surface area contributed by atoms with Gasteiger partial charge >= 0.3 is 5.97 Å². The van der Waals surface area contributed by atoms with E-state index in [4.69, 9.17) is 5.11 Å². The summed E-state index contributed by atoms with van der Waals surface area (Å²) >= 11 is 2.71. The van der Waals surface area contributed by atoms with Gasteiger partial charge in [0.05, 0.1) is 12.1 Å². The minimum absolute atomic E-state index is 0.0213. The Morgan fingerprint density at radius 1 is 1.20 bits per heavy atom. The number of nitrogens with zero attached hydrogens (tertiary/aromatic N) is 2. The first kappa shape index (κ1) is 20.6. The first-order valence-corrected chi connectivity index (χ1v) is 11.2. The predicted octanol–water partition coefficient (Wildman–Crippen LogP) is 3.56. The Hall–Kier alpha value is -2.65. The molecule has 6 nitrogen and oxygen atoms in total. The van der Waals surface area contributed by atoms with Gasteiger partial charge in [-0.2, -0.15) is 5.10 Å². The van der Waals surface area contributed by atoms with Crippen LogP contribution in [0.4, 0.5) is 4.39 Å². The molecule has 2 heterocycles. The number of carbonyl (C=O) groups excluding carboxylic acids is 1. The highest BCUT2D eigenvalue weighted by molar-refractivity contribution is 8.15. The number of fused-ring (bicyclic) bond motifs is 1. The van der Waals surface area contributed by atoms with Gasteiger partial charge < -0.3 is 10.4 Å². The molecule has 2 atom stereocenters. The number of rotatable bonds is 5. The molecule has 1 amide bonds. The number of benzene rings is 2. The molecule has 2 aromatic rings. The molecule has 30 heavy (non-hydrogen) atoms. The Kier molecular flexibility index (Phi) is 6.19. The third kappa shape index (κ3) is 4.73. The predicted molar refractivity (Wildman–Crippen MR) is 117 cm³/mol. The fourth-order valence-corrected chi connectivity index (χ4v) is 5.40. The molecule has 1 fully saturated rings. The summed E-state index contributed by atoms with van der Waals surface area (Å²) in [6.45, 7) is 0. The fraction of sp³-hybridized carbons (Fsp3) is 0.238. The summed E-state index contributed by atoms with van der Waals surface area (Å²) < 4.78 is 14.0. The van der Waals surface area contributed by atoms with Crippen molar-refractivity contribution in [3.8, 4) is 0 Å². The van der Waals surface area contributed by atoms with Crippen molar-refractivity contribution in [2.45, 2.75) is 23.0 Å². The summed E-state index contributed by atoms with van der Waals surface area (Å²) in [6, 6.07) is 14.6. The second-order valence-corrected chi connectivity index (χ2v) is 9.18. The second-order valence-electron chi connectivity index (χ2n) is 6.92. The summed E-state index contributed by atoms with van der Waals surface area (Å²) in [5.41, 5.74) is 2.51. The highest BCUT2D eigenvalue weighted by Crippen LogP contribution is 2.35. The molecule has 1 saturated heterocycles. The highest BCUT2D eigenvalue weighted by Gasteiger charge is 2.33. The number of hydrogen-bond acceptors (Lipinski definition) is 6. The summed E-state index contributed by atoms with van der Waals surface area (Å²) in [7, 11) is 0. The molecular weight excluding hydrogens is 425 g/mol. The van der Waals surface area contributed by atoms with Gasteiger partial charge in [-0.15, -0.1) is 16.9 Å². The zero-order chi connectivity index (χ0) is 21.1. The monoisotopic (exact) mass is 443 g/mol. The van der Waals surface area contributed by atoms with Crippen LogP contribution in [-0.2, 0) is 16.0 Å². The van der Waals surface area contributed by atoms with Crippen LogP contribution in [0.2, 0.25) is 0 Å². The van der Waals surface area contributed by atoms with Crippen molar-refractivity contribution in [2.75, 3.05) is 5.75 Å². The molecule has 0 bridgehead atoms. The number of nitrogens with one attached hydrogen (secondary N) is 1. The third-order valence-corrected chi connectivity index (χ3v) is 7.06. The molecule has 2 unspecified atom stereocenters. The molecule has 2 aromatic carbocycles. The van der Waals surface area contributed by atoms with Crippen LogP contribution in [0, 0.1) is 11.7 Å². The van der Waals surface area contributed by atoms with Crippen LogP contribution in [0.1, 0.15) is 17.5 Å². The molecule has 154 valence electrons. The quantitative estimate of drug-likeness (QED) is 0.690. The van der Waals surface area contributed by atoms with Crippen molar-refractivity contribution in [1.29, 1.82) is 0 Å². The van der Waals surface area contributed by atoms with Crippen LogP contribution in [0.5, 0.6) is 0 Å². The first-order valence-electron chi connectivity index (χ1n) is 9.31. The summed E-state index contributed by atoms with van der Waals surface area (Å²) in [6.07, 6.45) is 0.446. The molecule has 2 aliphatic rings. The lowest BCUT2D eigenvalue weighted by molar-refractivity contribution is -0.138. The van der Waals surface area contributed by atoms with Crippen molar-refractivity contribution in [1.82, 2.24) is 5.32 Å². The number of carbonyl (C=O) groups is 2. The van der Waals surface area contributed by atoms with Gasteiger partial charge in [0.1, 0.15) is 11.1 Å². The van der Waals surface area contributed by atoms with E-state index in [0.717, 1.165) is 34.4 Å². The standard InChI is InChI=1S/C21H18FN3O3S2/c22-14-6-7-16-15(9-14)19(13(11-29-16)8-12-4-2-1-3-5-12)24-25-21-23-20(28)17(30-21)10-18(26)27/h1-7,9,13,17H,8,10-11H2,(H,26,27)(H,23,25,28). The van der Waals surface area contributed by atoms with Gasteiger partial charge in [-0.1, -0.05) is 42.1 Å². The van der Waals surface area contributed by atoms with Crippen LogP contribution in [0.3, 0.4) is 0 Å². The van der Waals surface area contributed by atoms with E-state index in [1.807, 2.05) is 30.3 Å². The van der Waals surface area contributed by atoms with Gasteiger partial charge in [0.15, 0.2) is 5.17 Å². The molecule has 9 heteroatoms. The molecule has 0 radical (unpaired) electrons. The second kappa shape index (κ2) is 9.01. The van der Waals surface area contributed by atoms with Crippen LogP contribution >= 0.6 is 23.5 Å². The molecule has 0 aliphatic carbocycles. The van der Waals surface area contributed by atoms with Gasteiger partial charge in [0, 0.05) is 22.1 Å². The number of thioether (sulfide) groups is 2. The third-order valence-electron chi connectivity index (χ3n) is 4.75. The van der Waals surface area contributed by atoms with E-state index in [1.165, 1.54) is 12.1 Å². The summed E-state index contributed by atoms with van der Waals surface area (Å²) in [5, 5.41) is 19.6. The van der Waals surface area contributed by atoms with Crippen molar-refractivity contribution >= 4 is 46.3 Å². The van der Waals surface area contributed by atoms with Crippen LogP contribution < -0.4 is 5.32 Å². The molecule has 2 N–H and O–H groups in total. The Morgan fingerprint density at radius 3 is 2.77 bits per heavy atom. The molecular formula is C21H18FN3O3S2. The SMILES string of the molecule is O=C(O)CC1SC(=NN=C2c3cc(F)ccc3SCC2Cc2ccccc2)NC1=O. The maximum Gasteiger partial charge on any atom is 0.305 e. The van der Waals surface area contributed by atoms with E-state index in [1.54, 1.807) is 17.8 Å². The maximum absolute atomic E-state index is 14.0. The van der Waals surface area contributed by atoms with E-state index >= 15 is 0 Å². The fourth-order valence-electron chi connectivity index (χ4n) is 3.35. The Morgan fingerprint density at radius 2 is 2.00 bits per heavy atom. The van der Waals surface area contributed by atoms with Gasteiger partial charge in [-0.3, -0.25) is 9.59 Å². The van der Waals surface area contributed by atoms with Crippen molar-refractivity contribution in [3.05, 3.63) is 65.5 Å². The normalized spacial score (nSPS) is 23.4. The number of halogens is 1. The first-order chi connectivity index (χ1) is 14.5. The molecule has 2 aliphatic heterocycles. The van der Waals surface area contributed by atoms with Gasteiger partial charge in [-0.25, -0.2) is 4.39 Å². The van der Waals surface area contributed by atoms with Crippen LogP contribution in [-0.4, -0.2) is 38.9 Å². The summed E-state index contributed by atoms with van der Waals surface area (Å²) in [4.78, 5) is 23.8. The molecule has 0 spiro atoms. The van der Waals surface area contributed by atoms with Gasteiger partial charge in [-0.05, 0) is 30.2 Å². The summed E-state index contributed by atoms with van der Waals surface area (Å²) in [5.74, 6) is -0.994. The van der Waals surface area contributed by atoms with Gasteiger partial charge in [0.2, 0.25) is 5.91 Å². The number of hydrogen-bond donors (Lipinski definition) is 2. The highest BCUT2D eigenvalue weighted by atomic mass is 32.2. The van der Waals surface area contributed by atoms with E-state index in [0.29, 0.717) is 11.3 Å². The number of carboxylic acids is 1. The zero-order valence-electron chi connectivity index (χ0n) is 15.7. The lowest BCUT2D eigenvalue weighted by atomic mass is 9.91. The molecule has 4 rings (SSSR count). The average molecular weight is 444 g/mol. The Bertz CT molecular complexity index is 1040. The lowest BCUT2D eigenvalue weighted by Crippen LogP contribution is -2.27. The Labute approximate surface area is 181 Å². The zero-order valence-corrected chi connectivity index (χ0v) is 17.4.